The molecule has 0 radical (unpaired) electrons. The van der Waals surface area contributed by atoms with Gasteiger partial charge in [-0.25, -0.2) is 9.97 Å². The van der Waals surface area contributed by atoms with E-state index in [9.17, 15) is 4.79 Å². The van der Waals surface area contributed by atoms with E-state index in [1.807, 2.05) is 49.2 Å². The van der Waals surface area contributed by atoms with Gasteiger partial charge in [-0.3, -0.25) is 4.79 Å². The summed E-state index contributed by atoms with van der Waals surface area (Å²) in [5.41, 5.74) is 8.38. The fourth-order valence-corrected chi connectivity index (χ4v) is 6.25. The minimum atomic E-state index is -0.694. The lowest BCUT2D eigenvalue weighted by molar-refractivity contribution is -0.136. The summed E-state index contributed by atoms with van der Waals surface area (Å²) < 4.78 is 11.1. The van der Waals surface area contributed by atoms with E-state index in [4.69, 9.17) is 25.2 Å². The summed E-state index contributed by atoms with van der Waals surface area (Å²) in [6.07, 6.45) is 3.43. The monoisotopic (exact) mass is 527 g/mol. The zero-order valence-electron chi connectivity index (χ0n) is 23.3. The number of methoxy groups -OCH3 is 2. The molecule has 1 atom stereocenters. The summed E-state index contributed by atoms with van der Waals surface area (Å²) in [4.78, 5) is 28.5. The van der Waals surface area contributed by atoms with Crippen LogP contribution in [0.2, 0.25) is 0 Å². The summed E-state index contributed by atoms with van der Waals surface area (Å²) in [6, 6.07) is 18.3. The number of nitrogens with one attached hydrogen (secondary N) is 1. The second-order valence-electron chi connectivity index (χ2n) is 10.8. The van der Waals surface area contributed by atoms with Gasteiger partial charge in [-0.1, -0.05) is 44.2 Å². The molecule has 0 aliphatic carbocycles. The number of aromatic amines is 1. The van der Waals surface area contributed by atoms with Crippen molar-refractivity contribution in [1.29, 1.82) is 0 Å². The second kappa shape index (κ2) is 10.2. The number of H-pyrrole nitrogens is 1. The lowest BCUT2D eigenvalue weighted by Crippen LogP contribution is -2.56. The van der Waals surface area contributed by atoms with Crippen molar-refractivity contribution < 1.29 is 14.3 Å². The van der Waals surface area contributed by atoms with E-state index in [1.54, 1.807) is 14.2 Å². The number of amides is 1. The number of piperidine rings is 1. The Morgan fingerprint density at radius 3 is 2.28 bits per heavy atom. The van der Waals surface area contributed by atoms with Crippen molar-refractivity contribution in [1.82, 2.24) is 19.9 Å². The van der Waals surface area contributed by atoms with Crippen molar-refractivity contribution >= 4 is 22.6 Å². The summed E-state index contributed by atoms with van der Waals surface area (Å²) in [6.45, 7) is 7.42. The van der Waals surface area contributed by atoms with Crippen LogP contribution in [0.15, 0.2) is 60.8 Å². The van der Waals surface area contributed by atoms with Gasteiger partial charge in [-0.15, -0.1) is 0 Å². The molecular weight excluding hydrogens is 490 g/mol. The average Bonchev–Trinajstić information content (AvgIpc) is 3.51. The zero-order chi connectivity index (χ0) is 27.8. The molecular formula is C31H37N5O3. The third-order valence-electron chi connectivity index (χ3n) is 8.52. The molecule has 1 saturated heterocycles. The molecule has 2 aromatic carbocycles. The number of nitrogens with two attached hydrogens (primary N) is 1. The van der Waals surface area contributed by atoms with Crippen LogP contribution >= 0.6 is 0 Å². The smallest absolute Gasteiger partial charge is 0.225 e. The SMILES string of the molecule is COc1cc2nc(C(C)(c3ccc[nH]3)C3(c4ccccc4)CCN(C(=O)C(C)C)CC3)nc(N)c2cc1OC. The lowest BCUT2D eigenvalue weighted by atomic mass is 9.54. The van der Waals surface area contributed by atoms with E-state index >= 15 is 0 Å². The Morgan fingerprint density at radius 1 is 1.03 bits per heavy atom. The number of carbonyl (C=O) groups excluding carboxylic acids is 1. The number of rotatable bonds is 7. The molecule has 8 nitrogen and oxygen atoms in total. The van der Waals surface area contributed by atoms with Crippen LogP contribution in [0.25, 0.3) is 10.9 Å². The molecule has 1 aliphatic heterocycles. The highest BCUT2D eigenvalue weighted by Gasteiger charge is 2.55. The number of aromatic nitrogens is 3. The van der Waals surface area contributed by atoms with E-state index < -0.39 is 10.8 Å². The van der Waals surface area contributed by atoms with Crippen molar-refractivity contribution in [3.8, 4) is 11.5 Å². The van der Waals surface area contributed by atoms with Crippen LogP contribution in [0.4, 0.5) is 5.82 Å². The quantitative estimate of drug-likeness (QED) is 0.347. The van der Waals surface area contributed by atoms with Gasteiger partial charge in [-0.2, -0.15) is 0 Å². The van der Waals surface area contributed by atoms with Crippen LogP contribution in [-0.2, 0) is 15.6 Å². The minimum absolute atomic E-state index is 0.0420. The molecule has 4 aromatic rings. The van der Waals surface area contributed by atoms with Gasteiger partial charge in [0.25, 0.3) is 0 Å². The summed E-state index contributed by atoms with van der Waals surface area (Å²) in [5.74, 6) is 2.29. The normalized spacial score (nSPS) is 16.7. The van der Waals surface area contributed by atoms with Crippen molar-refractivity contribution in [3.05, 3.63) is 77.9 Å². The van der Waals surface area contributed by atoms with Crippen molar-refractivity contribution in [2.45, 2.75) is 44.4 Å². The first-order valence-electron chi connectivity index (χ1n) is 13.4. The molecule has 2 aromatic heterocycles. The van der Waals surface area contributed by atoms with E-state index in [0.717, 1.165) is 18.5 Å². The predicted molar refractivity (Wildman–Crippen MR) is 153 cm³/mol. The summed E-state index contributed by atoms with van der Waals surface area (Å²) in [7, 11) is 3.20. The maximum absolute atomic E-state index is 13.0. The number of nitrogen functional groups attached to an aromatic ring is 1. The molecule has 3 N–H and O–H groups in total. The van der Waals surface area contributed by atoms with E-state index in [-0.39, 0.29) is 11.8 Å². The number of anilines is 1. The van der Waals surface area contributed by atoms with Gasteiger partial charge in [0.15, 0.2) is 11.5 Å². The molecule has 1 aliphatic rings. The highest BCUT2D eigenvalue weighted by atomic mass is 16.5. The van der Waals surface area contributed by atoms with Crippen LogP contribution in [0.3, 0.4) is 0 Å². The Kier molecular flexibility index (Phi) is 6.97. The Morgan fingerprint density at radius 2 is 1.69 bits per heavy atom. The number of hydrogen-bond donors (Lipinski definition) is 2. The van der Waals surface area contributed by atoms with Gasteiger partial charge >= 0.3 is 0 Å². The van der Waals surface area contributed by atoms with Gasteiger partial charge < -0.3 is 25.1 Å². The van der Waals surface area contributed by atoms with Gasteiger partial charge in [0.1, 0.15) is 11.6 Å². The Bertz CT molecular complexity index is 1460. The third-order valence-corrected chi connectivity index (χ3v) is 8.52. The fraction of sp³-hybridized carbons (Fsp3) is 0.387. The summed E-state index contributed by atoms with van der Waals surface area (Å²) >= 11 is 0. The molecule has 3 heterocycles. The highest BCUT2D eigenvalue weighted by molar-refractivity contribution is 5.91. The Balaban J connectivity index is 1.74. The standard InChI is InChI=1S/C31H37N5O3/c1-20(2)28(37)36-16-13-31(14-17-36,21-10-7-6-8-11-21)30(3,26-12-9-15-33-26)29-34-23-19-25(39-5)24(38-4)18-22(23)27(32)35-29/h6-12,15,18-20,33H,13-14,16-17H2,1-5H3,(H2,32,34,35). The lowest BCUT2D eigenvalue weighted by Gasteiger charge is -2.52. The van der Waals surface area contributed by atoms with E-state index in [0.29, 0.717) is 47.1 Å². The van der Waals surface area contributed by atoms with Crippen LogP contribution in [0.1, 0.15) is 50.7 Å². The first-order chi connectivity index (χ1) is 18.7. The largest absolute Gasteiger partial charge is 0.493 e. The third kappa shape index (κ3) is 4.28. The van der Waals surface area contributed by atoms with Crippen molar-refractivity contribution in [3.63, 3.8) is 0 Å². The van der Waals surface area contributed by atoms with Crippen molar-refractivity contribution in [2.75, 3.05) is 33.0 Å². The van der Waals surface area contributed by atoms with Gasteiger partial charge in [0.2, 0.25) is 5.91 Å². The molecule has 1 amide bonds. The molecule has 0 saturated carbocycles. The molecule has 1 fully saturated rings. The number of carbonyl (C=O) groups is 1. The Labute approximate surface area is 229 Å². The Hall–Kier alpha value is -4.07. The predicted octanol–water partition coefficient (Wildman–Crippen LogP) is 5.08. The second-order valence-corrected chi connectivity index (χ2v) is 10.8. The number of fused-ring (bicyclic) bond motifs is 1. The highest BCUT2D eigenvalue weighted by Crippen LogP contribution is 2.53. The van der Waals surface area contributed by atoms with E-state index in [2.05, 4.69) is 42.2 Å². The van der Waals surface area contributed by atoms with Crippen molar-refractivity contribution in [2.24, 2.45) is 5.92 Å². The first-order valence-corrected chi connectivity index (χ1v) is 13.4. The number of benzene rings is 2. The number of nitrogens with zero attached hydrogens (tertiary/aromatic N) is 3. The molecule has 1 unspecified atom stereocenters. The molecule has 5 rings (SSSR count). The molecule has 8 heteroatoms. The molecule has 39 heavy (non-hydrogen) atoms. The molecule has 204 valence electrons. The maximum Gasteiger partial charge on any atom is 0.225 e. The molecule has 0 bridgehead atoms. The number of likely N-dealkylation sites (tertiary alicyclic amines) is 1. The van der Waals surface area contributed by atoms with Gasteiger partial charge in [0.05, 0.1) is 25.2 Å². The first kappa shape index (κ1) is 26.5. The van der Waals surface area contributed by atoms with Crippen LogP contribution < -0.4 is 15.2 Å². The number of hydrogen-bond acceptors (Lipinski definition) is 6. The maximum atomic E-state index is 13.0. The topological polar surface area (TPSA) is 106 Å². The average molecular weight is 528 g/mol. The summed E-state index contributed by atoms with van der Waals surface area (Å²) in [5, 5.41) is 0.705. The number of ether oxygens (including phenoxy) is 2. The van der Waals surface area contributed by atoms with Crippen LogP contribution in [0, 0.1) is 5.92 Å². The van der Waals surface area contributed by atoms with Crippen LogP contribution in [-0.4, -0.2) is 53.1 Å². The zero-order valence-corrected chi connectivity index (χ0v) is 23.3. The van der Waals surface area contributed by atoms with E-state index in [1.165, 1.54) is 5.56 Å². The van der Waals surface area contributed by atoms with Gasteiger partial charge in [-0.05, 0) is 43.5 Å². The molecule has 0 spiro atoms. The van der Waals surface area contributed by atoms with Gasteiger partial charge in [0, 0.05) is 47.8 Å². The minimum Gasteiger partial charge on any atom is -0.493 e. The fourth-order valence-electron chi connectivity index (χ4n) is 6.25. The van der Waals surface area contributed by atoms with Crippen LogP contribution in [0.5, 0.6) is 11.5 Å².